The fourth-order valence-electron chi connectivity index (χ4n) is 2.39. The molecule has 1 aliphatic carbocycles. The first-order valence-corrected chi connectivity index (χ1v) is 13.5. The van der Waals surface area contributed by atoms with Gasteiger partial charge < -0.3 is 0 Å². The van der Waals surface area contributed by atoms with Gasteiger partial charge in [0, 0.05) is 0 Å². The quantitative estimate of drug-likeness (QED) is 0.453. The van der Waals surface area contributed by atoms with Gasteiger partial charge in [0.2, 0.25) is 0 Å². The molecule has 0 aliphatic heterocycles. The standard InChI is InChI=1S/C10H20.4ClH.Rh/c1-6-7(2)9(4)10(5)8(6)3;;;;;/h6-10H,1-5H3;4*1H;/q;;;;;+4/p-4. The third-order valence-corrected chi connectivity index (χ3v) is 4.15. The first kappa shape index (κ1) is 16.8. The number of rotatable bonds is 0. The molecular weight excluding hydrogens is 365 g/mol. The SMILES string of the molecule is CC1C(C)C(C)C(C)C1C.[Cl][Rh]([Cl])([Cl])[Cl]. The number of hydrogen-bond acceptors (Lipinski definition) is 0. The van der Waals surface area contributed by atoms with E-state index in [0.717, 1.165) is 29.6 Å². The Morgan fingerprint density at radius 3 is 0.667 bits per heavy atom. The van der Waals surface area contributed by atoms with Gasteiger partial charge in [-0.2, -0.15) is 0 Å². The average Bonchev–Trinajstić information content (AvgIpc) is 2.21. The molecule has 0 atom stereocenters. The fraction of sp³-hybridized carbons (Fsp3) is 1.00. The summed E-state index contributed by atoms with van der Waals surface area (Å²) in [4.78, 5) is 0. The van der Waals surface area contributed by atoms with Gasteiger partial charge in [0.05, 0.1) is 0 Å². The number of hydrogen-bond donors (Lipinski definition) is 0. The molecule has 97 valence electrons. The zero-order valence-electron chi connectivity index (χ0n) is 9.73. The van der Waals surface area contributed by atoms with Crippen LogP contribution in [0.4, 0.5) is 0 Å². The first-order chi connectivity index (χ1) is 6.55. The van der Waals surface area contributed by atoms with Crippen molar-refractivity contribution >= 4 is 38.8 Å². The monoisotopic (exact) mass is 383 g/mol. The Hall–Kier alpha value is 1.78. The molecule has 0 radical (unpaired) electrons. The summed E-state index contributed by atoms with van der Waals surface area (Å²) in [6, 6.07) is 0. The van der Waals surface area contributed by atoms with Crippen LogP contribution in [-0.2, 0) is 10.8 Å². The summed E-state index contributed by atoms with van der Waals surface area (Å²) in [6.07, 6.45) is 0. The van der Waals surface area contributed by atoms with Crippen LogP contribution in [0.3, 0.4) is 0 Å². The van der Waals surface area contributed by atoms with Crippen molar-refractivity contribution in [1.82, 2.24) is 0 Å². The normalized spacial score (nSPS) is 42.1. The third kappa shape index (κ3) is 6.32. The molecule has 0 nitrogen and oxygen atoms in total. The van der Waals surface area contributed by atoms with Crippen molar-refractivity contribution in [3.8, 4) is 0 Å². The molecule has 1 rings (SSSR count). The van der Waals surface area contributed by atoms with Crippen molar-refractivity contribution in [3.63, 3.8) is 0 Å². The van der Waals surface area contributed by atoms with Gasteiger partial charge >= 0.3 is 49.6 Å². The Bertz CT molecular complexity index is 142. The zero-order chi connectivity index (χ0) is 12.4. The van der Waals surface area contributed by atoms with Gasteiger partial charge in [-0.3, -0.25) is 0 Å². The van der Waals surface area contributed by atoms with Gasteiger partial charge in [0.15, 0.2) is 0 Å². The van der Waals surface area contributed by atoms with Crippen LogP contribution in [0.15, 0.2) is 0 Å². The summed E-state index contributed by atoms with van der Waals surface area (Å²) < 4.78 is 0. The van der Waals surface area contributed by atoms with E-state index in [1.807, 2.05) is 0 Å². The molecule has 5 heteroatoms. The van der Waals surface area contributed by atoms with Crippen LogP contribution in [-0.4, -0.2) is 0 Å². The van der Waals surface area contributed by atoms with Gasteiger partial charge in [0.25, 0.3) is 0 Å². The van der Waals surface area contributed by atoms with Crippen molar-refractivity contribution < 1.29 is 10.8 Å². The molecule has 0 heterocycles. The van der Waals surface area contributed by atoms with Crippen LogP contribution >= 0.6 is 38.8 Å². The van der Waals surface area contributed by atoms with Crippen molar-refractivity contribution in [2.24, 2.45) is 29.6 Å². The molecule has 0 aromatic carbocycles. The van der Waals surface area contributed by atoms with E-state index in [2.05, 4.69) is 34.6 Å². The van der Waals surface area contributed by atoms with E-state index in [1.54, 1.807) is 0 Å². The molecule has 0 N–H and O–H groups in total. The van der Waals surface area contributed by atoms with Gasteiger partial charge in [-0.15, -0.1) is 0 Å². The minimum absolute atomic E-state index is 0.935. The van der Waals surface area contributed by atoms with Crippen LogP contribution in [0.1, 0.15) is 34.6 Å². The van der Waals surface area contributed by atoms with E-state index in [1.165, 1.54) is 0 Å². The van der Waals surface area contributed by atoms with E-state index in [9.17, 15) is 0 Å². The minimum atomic E-state index is -2.89. The van der Waals surface area contributed by atoms with Crippen LogP contribution in [0.2, 0.25) is 0 Å². The average molecular weight is 385 g/mol. The Morgan fingerprint density at radius 2 is 0.600 bits per heavy atom. The van der Waals surface area contributed by atoms with Crippen LogP contribution in [0, 0.1) is 29.6 Å². The van der Waals surface area contributed by atoms with E-state index >= 15 is 0 Å². The van der Waals surface area contributed by atoms with Crippen LogP contribution in [0.5, 0.6) is 0 Å². The molecule has 0 bridgehead atoms. The predicted octanol–water partition coefficient (Wildman–Crippen LogP) is 5.94. The van der Waals surface area contributed by atoms with Crippen molar-refractivity contribution in [2.75, 3.05) is 0 Å². The molecule has 0 spiro atoms. The Balaban J connectivity index is 0.000000336. The van der Waals surface area contributed by atoms with Gasteiger partial charge in [-0.05, 0) is 29.6 Å². The number of halogens is 4. The maximum absolute atomic E-state index is 4.99. The Morgan fingerprint density at radius 1 is 0.533 bits per heavy atom. The molecule has 0 unspecified atom stereocenters. The summed E-state index contributed by atoms with van der Waals surface area (Å²) in [5.41, 5.74) is 0. The fourth-order valence-corrected chi connectivity index (χ4v) is 2.39. The molecule has 15 heavy (non-hydrogen) atoms. The second-order valence-corrected chi connectivity index (χ2v) is 19.5. The Kier molecular flexibility index (Phi) is 7.44. The third-order valence-electron chi connectivity index (χ3n) is 4.15. The molecule has 0 aromatic rings. The summed E-state index contributed by atoms with van der Waals surface area (Å²) >= 11 is 0. The van der Waals surface area contributed by atoms with Crippen molar-refractivity contribution in [3.05, 3.63) is 0 Å². The van der Waals surface area contributed by atoms with Gasteiger partial charge in [0.1, 0.15) is 0 Å². The summed E-state index contributed by atoms with van der Waals surface area (Å²) in [7, 11) is 17.1. The molecule has 0 aromatic heterocycles. The van der Waals surface area contributed by atoms with Gasteiger partial charge in [-0.1, -0.05) is 34.6 Å². The van der Waals surface area contributed by atoms with Gasteiger partial charge in [-0.25, -0.2) is 0 Å². The first-order valence-electron chi connectivity index (χ1n) is 5.06. The summed E-state index contributed by atoms with van der Waals surface area (Å²) in [5.74, 6) is 4.68. The maximum atomic E-state index is 4.99. The van der Waals surface area contributed by atoms with Crippen molar-refractivity contribution in [2.45, 2.75) is 34.6 Å². The van der Waals surface area contributed by atoms with Crippen LogP contribution < -0.4 is 0 Å². The second-order valence-electron chi connectivity index (χ2n) is 4.58. The molecule has 1 aliphatic rings. The molecule has 0 amide bonds. The van der Waals surface area contributed by atoms with E-state index in [0.29, 0.717) is 0 Å². The zero-order valence-corrected chi connectivity index (χ0v) is 14.4. The molecular formula is C10H20Cl4Rh. The van der Waals surface area contributed by atoms with E-state index in [4.69, 9.17) is 38.8 Å². The Labute approximate surface area is 113 Å². The van der Waals surface area contributed by atoms with E-state index in [-0.39, 0.29) is 0 Å². The summed E-state index contributed by atoms with van der Waals surface area (Å²) in [6.45, 7) is 12.0. The summed E-state index contributed by atoms with van der Waals surface area (Å²) in [5, 5.41) is 0. The second kappa shape index (κ2) is 6.65. The molecule has 1 saturated carbocycles. The molecule has 0 saturated heterocycles. The van der Waals surface area contributed by atoms with Crippen LogP contribution in [0.25, 0.3) is 0 Å². The predicted molar refractivity (Wildman–Crippen MR) is 69.2 cm³/mol. The van der Waals surface area contributed by atoms with E-state index < -0.39 is 10.8 Å². The topological polar surface area (TPSA) is 0 Å². The van der Waals surface area contributed by atoms with Crippen molar-refractivity contribution in [1.29, 1.82) is 0 Å². The molecule has 1 fully saturated rings.